The van der Waals surface area contributed by atoms with Crippen LogP contribution in [-0.2, 0) is 0 Å². The molecule has 0 saturated heterocycles. The third-order valence-corrected chi connectivity index (χ3v) is 3.33. The number of para-hydroxylation sites is 2. The van der Waals surface area contributed by atoms with Crippen molar-refractivity contribution in [3.63, 3.8) is 0 Å². The van der Waals surface area contributed by atoms with Gasteiger partial charge in [-0.25, -0.2) is 4.79 Å². The number of rotatable bonds is 6. The van der Waals surface area contributed by atoms with Gasteiger partial charge in [0.2, 0.25) is 0 Å². The Labute approximate surface area is 142 Å². The van der Waals surface area contributed by atoms with Gasteiger partial charge in [-0.15, -0.1) is 0 Å². The van der Waals surface area contributed by atoms with Crippen molar-refractivity contribution in [2.24, 2.45) is 0 Å². The summed E-state index contributed by atoms with van der Waals surface area (Å²) in [6.45, 7) is 3.34. The van der Waals surface area contributed by atoms with E-state index in [2.05, 4.69) is 0 Å². The first kappa shape index (κ1) is 17.9. The minimum atomic E-state index is -0.960. The molecule has 9 heteroatoms. The summed E-state index contributed by atoms with van der Waals surface area (Å²) in [5, 5.41) is 22.2. The minimum Gasteiger partial charge on any atom is -0.490 e. The van der Waals surface area contributed by atoms with E-state index in [9.17, 15) is 25.0 Å². The van der Waals surface area contributed by atoms with Crippen molar-refractivity contribution in [2.45, 2.75) is 13.8 Å². The van der Waals surface area contributed by atoms with Crippen molar-refractivity contribution in [3.05, 3.63) is 67.8 Å². The second-order valence-corrected chi connectivity index (χ2v) is 4.92. The highest BCUT2D eigenvalue weighted by Gasteiger charge is 2.26. The third kappa shape index (κ3) is 3.89. The summed E-state index contributed by atoms with van der Waals surface area (Å²) in [5.41, 5.74) is -1.49. The molecule has 0 unspecified atom stereocenters. The summed E-state index contributed by atoms with van der Waals surface area (Å²) in [6.07, 6.45) is 0. The van der Waals surface area contributed by atoms with Gasteiger partial charge in [0, 0.05) is 12.1 Å². The average Bonchev–Trinajstić information content (AvgIpc) is 2.56. The number of carbonyl (C=O) groups excluding carboxylic acids is 1. The number of ether oxygens (including phenoxy) is 2. The van der Waals surface area contributed by atoms with Gasteiger partial charge in [-0.05, 0) is 26.0 Å². The van der Waals surface area contributed by atoms with Gasteiger partial charge in [-0.2, -0.15) is 0 Å². The number of esters is 1. The lowest BCUT2D eigenvalue weighted by Gasteiger charge is -2.10. The van der Waals surface area contributed by atoms with E-state index in [0.29, 0.717) is 12.4 Å². The Morgan fingerprint density at radius 3 is 2.04 bits per heavy atom. The van der Waals surface area contributed by atoms with Crippen LogP contribution in [0.15, 0.2) is 36.4 Å². The predicted molar refractivity (Wildman–Crippen MR) is 87.1 cm³/mol. The Morgan fingerprint density at radius 2 is 1.56 bits per heavy atom. The molecule has 25 heavy (non-hydrogen) atoms. The highest BCUT2D eigenvalue weighted by molar-refractivity contribution is 5.93. The molecule has 0 N–H and O–H groups in total. The minimum absolute atomic E-state index is 0.111. The molecule has 0 saturated carbocycles. The van der Waals surface area contributed by atoms with E-state index in [1.807, 2.05) is 0 Å². The topological polar surface area (TPSA) is 122 Å². The Bertz CT molecular complexity index is 813. The number of hydrogen-bond donors (Lipinski definition) is 0. The van der Waals surface area contributed by atoms with Crippen LogP contribution in [0.4, 0.5) is 11.4 Å². The van der Waals surface area contributed by atoms with Crippen LogP contribution in [0, 0.1) is 27.2 Å². The van der Waals surface area contributed by atoms with Crippen molar-refractivity contribution in [2.75, 3.05) is 6.61 Å². The average molecular weight is 346 g/mol. The van der Waals surface area contributed by atoms with Crippen LogP contribution in [0.1, 0.15) is 22.8 Å². The molecule has 0 radical (unpaired) electrons. The first-order chi connectivity index (χ1) is 11.8. The van der Waals surface area contributed by atoms with Crippen molar-refractivity contribution in [3.8, 4) is 11.5 Å². The number of nitrogens with zero attached hydrogens (tertiary/aromatic N) is 2. The lowest BCUT2D eigenvalue weighted by molar-refractivity contribution is -0.395. The summed E-state index contributed by atoms with van der Waals surface area (Å²) >= 11 is 0. The van der Waals surface area contributed by atoms with Crippen LogP contribution < -0.4 is 9.47 Å². The van der Waals surface area contributed by atoms with Gasteiger partial charge >= 0.3 is 5.97 Å². The van der Waals surface area contributed by atoms with E-state index in [1.165, 1.54) is 13.0 Å². The summed E-state index contributed by atoms with van der Waals surface area (Å²) < 4.78 is 10.5. The van der Waals surface area contributed by atoms with E-state index in [-0.39, 0.29) is 16.9 Å². The standard InChI is InChI=1S/C16H14N2O7/c1-3-24-14-6-4-5-7-15(14)25-16(19)11-8-12(17(20)21)10(2)13(9-11)18(22)23/h4-9H,3H2,1-2H3. The van der Waals surface area contributed by atoms with Crippen LogP contribution in [0.25, 0.3) is 0 Å². The monoisotopic (exact) mass is 346 g/mol. The van der Waals surface area contributed by atoms with Crippen LogP contribution in [0.2, 0.25) is 0 Å². The molecule has 0 aliphatic heterocycles. The molecular weight excluding hydrogens is 332 g/mol. The molecule has 0 amide bonds. The van der Waals surface area contributed by atoms with Crippen LogP contribution >= 0.6 is 0 Å². The van der Waals surface area contributed by atoms with Gasteiger partial charge in [0.1, 0.15) is 5.56 Å². The van der Waals surface area contributed by atoms with E-state index in [0.717, 1.165) is 12.1 Å². The first-order valence-electron chi connectivity index (χ1n) is 7.22. The zero-order chi connectivity index (χ0) is 18.6. The maximum Gasteiger partial charge on any atom is 0.344 e. The normalized spacial score (nSPS) is 10.2. The molecule has 0 aliphatic rings. The second kappa shape index (κ2) is 7.39. The molecule has 130 valence electrons. The van der Waals surface area contributed by atoms with Gasteiger partial charge in [-0.3, -0.25) is 20.2 Å². The van der Waals surface area contributed by atoms with Crippen LogP contribution in [-0.4, -0.2) is 22.4 Å². The Hall–Kier alpha value is -3.49. The first-order valence-corrected chi connectivity index (χ1v) is 7.22. The zero-order valence-corrected chi connectivity index (χ0v) is 13.4. The molecule has 0 bridgehead atoms. The smallest absolute Gasteiger partial charge is 0.344 e. The molecule has 0 heterocycles. The van der Waals surface area contributed by atoms with Crippen LogP contribution in [0.3, 0.4) is 0 Å². The number of benzene rings is 2. The largest absolute Gasteiger partial charge is 0.490 e. The van der Waals surface area contributed by atoms with Crippen molar-refractivity contribution in [1.29, 1.82) is 0 Å². The Morgan fingerprint density at radius 1 is 1.04 bits per heavy atom. The maximum atomic E-state index is 12.3. The molecule has 9 nitrogen and oxygen atoms in total. The van der Waals surface area contributed by atoms with Gasteiger partial charge in [-0.1, -0.05) is 12.1 Å². The van der Waals surface area contributed by atoms with E-state index >= 15 is 0 Å². The molecule has 2 rings (SSSR count). The molecule has 0 atom stereocenters. The third-order valence-electron chi connectivity index (χ3n) is 3.33. The number of hydrogen-bond acceptors (Lipinski definition) is 7. The highest BCUT2D eigenvalue weighted by Crippen LogP contribution is 2.31. The van der Waals surface area contributed by atoms with Crippen molar-refractivity contribution >= 4 is 17.3 Å². The quantitative estimate of drug-likeness (QED) is 0.340. The molecule has 0 aliphatic carbocycles. The van der Waals surface area contributed by atoms with Crippen LogP contribution in [0.5, 0.6) is 11.5 Å². The molecule has 0 aromatic heterocycles. The lowest BCUT2D eigenvalue weighted by Crippen LogP contribution is -2.11. The Kier molecular flexibility index (Phi) is 5.28. The van der Waals surface area contributed by atoms with Gasteiger partial charge < -0.3 is 9.47 Å². The number of carbonyl (C=O) groups is 1. The van der Waals surface area contributed by atoms with E-state index < -0.39 is 27.2 Å². The number of nitro groups is 2. The Balaban J connectivity index is 2.43. The fraction of sp³-hybridized carbons (Fsp3) is 0.188. The maximum absolute atomic E-state index is 12.3. The summed E-state index contributed by atoms with van der Waals surface area (Å²) in [6, 6.07) is 8.28. The van der Waals surface area contributed by atoms with Gasteiger partial charge in [0.15, 0.2) is 11.5 Å². The predicted octanol–water partition coefficient (Wildman–Crippen LogP) is 3.43. The lowest BCUT2D eigenvalue weighted by atomic mass is 10.1. The summed E-state index contributed by atoms with van der Waals surface area (Å²) in [7, 11) is 0. The zero-order valence-electron chi connectivity index (χ0n) is 13.4. The molecular formula is C16H14N2O7. The fourth-order valence-electron chi connectivity index (χ4n) is 2.15. The summed E-state index contributed by atoms with van der Waals surface area (Å²) in [4.78, 5) is 32.9. The van der Waals surface area contributed by atoms with Crippen molar-refractivity contribution in [1.82, 2.24) is 0 Å². The van der Waals surface area contributed by atoms with Gasteiger partial charge in [0.05, 0.1) is 22.0 Å². The van der Waals surface area contributed by atoms with E-state index in [1.54, 1.807) is 25.1 Å². The summed E-state index contributed by atoms with van der Waals surface area (Å²) in [5.74, 6) is -0.534. The number of nitro benzene ring substituents is 2. The SMILES string of the molecule is CCOc1ccccc1OC(=O)c1cc([N+](=O)[O-])c(C)c([N+](=O)[O-])c1. The van der Waals surface area contributed by atoms with Gasteiger partial charge in [0.25, 0.3) is 11.4 Å². The molecule has 0 fully saturated rings. The molecule has 2 aromatic carbocycles. The fourth-order valence-corrected chi connectivity index (χ4v) is 2.15. The second-order valence-electron chi connectivity index (χ2n) is 4.92. The highest BCUT2D eigenvalue weighted by atomic mass is 16.6. The molecule has 0 spiro atoms. The van der Waals surface area contributed by atoms with E-state index in [4.69, 9.17) is 9.47 Å². The van der Waals surface area contributed by atoms with Crippen molar-refractivity contribution < 1.29 is 24.1 Å². The molecule has 2 aromatic rings.